The van der Waals surface area contributed by atoms with Gasteiger partial charge in [0.1, 0.15) is 5.01 Å². The van der Waals surface area contributed by atoms with Gasteiger partial charge in [-0.1, -0.05) is 54.6 Å². The molecule has 0 amide bonds. The first-order valence-corrected chi connectivity index (χ1v) is 7.32. The van der Waals surface area contributed by atoms with Crippen LogP contribution in [0.25, 0.3) is 11.1 Å². The van der Waals surface area contributed by atoms with Gasteiger partial charge < -0.3 is 5.41 Å². The van der Waals surface area contributed by atoms with Gasteiger partial charge in [-0.3, -0.25) is 0 Å². The molecule has 0 aliphatic heterocycles. The summed E-state index contributed by atoms with van der Waals surface area (Å²) in [5.41, 5.74) is 4.14. The zero-order chi connectivity index (χ0) is 13.8. The van der Waals surface area contributed by atoms with Gasteiger partial charge >= 0.3 is 0 Å². The van der Waals surface area contributed by atoms with E-state index < -0.39 is 0 Å². The molecule has 1 aromatic heterocycles. The molecule has 0 radical (unpaired) electrons. The van der Waals surface area contributed by atoms with Crippen LogP contribution in [0.5, 0.6) is 0 Å². The molecule has 1 heterocycles. The first-order chi connectivity index (χ1) is 9.83. The maximum absolute atomic E-state index is 8.05. The second-order valence-electron chi connectivity index (χ2n) is 4.56. The van der Waals surface area contributed by atoms with Crippen molar-refractivity contribution in [2.75, 3.05) is 0 Å². The van der Waals surface area contributed by atoms with E-state index in [2.05, 4.69) is 41.4 Å². The number of thiazole rings is 1. The van der Waals surface area contributed by atoms with Crippen molar-refractivity contribution in [1.29, 1.82) is 5.41 Å². The van der Waals surface area contributed by atoms with Crippen LogP contribution in [0.1, 0.15) is 10.6 Å². The highest BCUT2D eigenvalue weighted by Crippen LogP contribution is 2.20. The number of rotatable bonds is 4. The molecule has 0 fully saturated rings. The highest BCUT2D eigenvalue weighted by Gasteiger charge is 2.05. The van der Waals surface area contributed by atoms with E-state index in [0.717, 1.165) is 10.6 Å². The van der Waals surface area contributed by atoms with Crippen LogP contribution in [-0.2, 0) is 6.42 Å². The van der Waals surface area contributed by atoms with Crippen LogP contribution in [0, 0.1) is 5.41 Å². The Morgan fingerprint density at radius 1 is 0.950 bits per heavy atom. The summed E-state index contributed by atoms with van der Waals surface area (Å²) in [5.74, 6) is 0. The third kappa shape index (κ3) is 2.83. The van der Waals surface area contributed by atoms with E-state index in [4.69, 9.17) is 5.41 Å². The van der Waals surface area contributed by atoms with Gasteiger partial charge in [0.05, 0.1) is 5.71 Å². The molecule has 2 nitrogen and oxygen atoms in total. The topological polar surface area (TPSA) is 36.7 Å². The summed E-state index contributed by atoms with van der Waals surface area (Å²) in [4.78, 5) is 4.17. The molecule has 0 bridgehead atoms. The Bertz CT molecular complexity index is 686. The van der Waals surface area contributed by atoms with Gasteiger partial charge in [-0.25, -0.2) is 4.98 Å². The Kier molecular flexibility index (Phi) is 3.70. The van der Waals surface area contributed by atoms with Gasteiger partial charge in [-0.15, -0.1) is 11.3 Å². The third-order valence-electron chi connectivity index (χ3n) is 3.13. The van der Waals surface area contributed by atoms with Crippen molar-refractivity contribution >= 4 is 17.0 Å². The standard InChI is InChI=1S/C17H14N2S/c18-16(17-19-10-11-20-17)12-13-6-8-15(9-7-13)14-4-2-1-3-5-14/h1-11,18H,12H2. The van der Waals surface area contributed by atoms with E-state index in [0.29, 0.717) is 12.1 Å². The van der Waals surface area contributed by atoms with E-state index in [1.807, 2.05) is 23.6 Å². The number of benzene rings is 2. The Balaban J connectivity index is 1.75. The Morgan fingerprint density at radius 2 is 1.65 bits per heavy atom. The molecule has 0 atom stereocenters. The summed E-state index contributed by atoms with van der Waals surface area (Å²) in [6.07, 6.45) is 2.37. The van der Waals surface area contributed by atoms with Crippen LogP contribution in [0.2, 0.25) is 0 Å². The quantitative estimate of drug-likeness (QED) is 0.705. The van der Waals surface area contributed by atoms with Gasteiger partial charge in [0.25, 0.3) is 0 Å². The van der Waals surface area contributed by atoms with E-state index >= 15 is 0 Å². The summed E-state index contributed by atoms with van der Waals surface area (Å²) >= 11 is 1.51. The molecule has 0 aliphatic rings. The van der Waals surface area contributed by atoms with Gasteiger partial charge in [-0.05, 0) is 16.7 Å². The van der Waals surface area contributed by atoms with E-state index in [1.165, 1.54) is 22.5 Å². The molecule has 3 rings (SSSR count). The molecule has 0 aliphatic carbocycles. The normalized spacial score (nSPS) is 10.4. The maximum Gasteiger partial charge on any atom is 0.137 e. The monoisotopic (exact) mass is 278 g/mol. The highest BCUT2D eigenvalue weighted by atomic mass is 32.1. The fourth-order valence-electron chi connectivity index (χ4n) is 2.10. The first-order valence-electron chi connectivity index (χ1n) is 6.44. The molecular formula is C17H14N2S. The van der Waals surface area contributed by atoms with Crippen LogP contribution < -0.4 is 0 Å². The van der Waals surface area contributed by atoms with Crippen LogP contribution in [0.3, 0.4) is 0 Å². The first kappa shape index (κ1) is 12.8. The summed E-state index contributed by atoms with van der Waals surface area (Å²) in [6, 6.07) is 18.7. The van der Waals surface area contributed by atoms with E-state index in [-0.39, 0.29) is 0 Å². The number of hydrogen-bond acceptors (Lipinski definition) is 3. The predicted molar refractivity (Wildman–Crippen MR) is 84.5 cm³/mol. The molecule has 0 spiro atoms. The molecule has 98 valence electrons. The molecule has 3 aromatic rings. The van der Waals surface area contributed by atoms with E-state index in [1.54, 1.807) is 6.20 Å². The van der Waals surface area contributed by atoms with Crippen molar-refractivity contribution < 1.29 is 0 Å². The second-order valence-corrected chi connectivity index (χ2v) is 5.45. The van der Waals surface area contributed by atoms with Crippen LogP contribution >= 0.6 is 11.3 Å². The van der Waals surface area contributed by atoms with Gasteiger partial charge in [0.2, 0.25) is 0 Å². The second kappa shape index (κ2) is 5.80. The molecule has 0 unspecified atom stereocenters. The molecule has 0 saturated heterocycles. The molecule has 2 aromatic carbocycles. The lowest BCUT2D eigenvalue weighted by Gasteiger charge is -2.04. The molecule has 0 saturated carbocycles. The Labute approximate surface area is 122 Å². The summed E-state index contributed by atoms with van der Waals surface area (Å²) in [7, 11) is 0. The zero-order valence-corrected chi connectivity index (χ0v) is 11.7. The van der Waals surface area contributed by atoms with Gasteiger partial charge in [-0.2, -0.15) is 0 Å². The number of nitrogens with one attached hydrogen (secondary N) is 1. The fraction of sp³-hybridized carbons (Fsp3) is 0.0588. The summed E-state index contributed by atoms with van der Waals surface area (Å²) in [6.45, 7) is 0. The minimum Gasteiger partial charge on any atom is -0.302 e. The minimum absolute atomic E-state index is 0.576. The predicted octanol–water partition coefficient (Wildman–Crippen LogP) is 4.42. The van der Waals surface area contributed by atoms with E-state index in [9.17, 15) is 0 Å². The van der Waals surface area contributed by atoms with Crippen molar-refractivity contribution in [2.45, 2.75) is 6.42 Å². The van der Waals surface area contributed by atoms with Crippen molar-refractivity contribution in [1.82, 2.24) is 4.98 Å². The van der Waals surface area contributed by atoms with Crippen molar-refractivity contribution in [2.24, 2.45) is 0 Å². The number of nitrogens with zero attached hydrogens (tertiary/aromatic N) is 1. The zero-order valence-electron chi connectivity index (χ0n) is 10.9. The van der Waals surface area contributed by atoms with Gasteiger partial charge in [0.15, 0.2) is 0 Å². The smallest absolute Gasteiger partial charge is 0.137 e. The average Bonchev–Trinajstić information content (AvgIpc) is 3.03. The van der Waals surface area contributed by atoms with Crippen molar-refractivity contribution in [3.8, 4) is 11.1 Å². The molecule has 20 heavy (non-hydrogen) atoms. The SMILES string of the molecule is N=C(Cc1ccc(-c2ccccc2)cc1)c1nccs1. The summed E-state index contributed by atoms with van der Waals surface area (Å²) in [5, 5.41) is 10.8. The molecule has 3 heteroatoms. The Hall–Kier alpha value is -2.26. The Morgan fingerprint density at radius 3 is 2.30 bits per heavy atom. The lowest BCUT2D eigenvalue weighted by Crippen LogP contribution is -2.02. The van der Waals surface area contributed by atoms with Crippen LogP contribution in [-0.4, -0.2) is 10.7 Å². The van der Waals surface area contributed by atoms with Gasteiger partial charge in [0, 0.05) is 18.0 Å². The minimum atomic E-state index is 0.576. The number of aromatic nitrogens is 1. The lowest BCUT2D eigenvalue weighted by molar-refractivity contribution is 1.25. The molecule has 1 N–H and O–H groups in total. The summed E-state index contributed by atoms with van der Waals surface area (Å²) < 4.78 is 0. The lowest BCUT2D eigenvalue weighted by atomic mass is 10.0. The van der Waals surface area contributed by atoms with Crippen molar-refractivity contribution in [3.63, 3.8) is 0 Å². The highest BCUT2D eigenvalue weighted by molar-refractivity contribution is 7.11. The van der Waals surface area contributed by atoms with Crippen LogP contribution in [0.4, 0.5) is 0 Å². The van der Waals surface area contributed by atoms with Crippen LogP contribution in [0.15, 0.2) is 66.2 Å². The average molecular weight is 278 g/mol. The number of hydrogen-bond donors (Lipinski definition) is 1. The third-order valence-corrected chi connectivity index (χ3v) is 3.97. The molecular weight excluding hydrogens is 264 g/mol. The van der Waals surface area contributed by atoms with Crippen molar-refractivity contribution in [3.05, 3.63) is 76.7 Å². The largest absolute Gasteiger partial charge is 0.302 e. The maximum atomic E-state index is 8.05. The fourth-order valence-corrected chi connectivity index (χ4v) is 2.68.